The third-order valence-electron chi connectivity index (χ3n) is 5.63. The van der Waals surface area contributed by atoms with E-state index in [1.807, 2.05) is 0 Å². The Balaban J connectivity index is 1.73. The molecule has 1 aliphatic carbocycles. The van der Waals surface area contributed by atoms with E-state index in [1.165, 1.54) is 44.3 Å². The highest BCUT2D eigenvalue weighted by Crippen LogP contribution is 2.39. The van der Waals surface area contributed by atoms with E-state index in [0.29, 0.717) is 17.5 Å². The lowest BCUT2D eigenvalue weighted by molar-refractivity contribution is 0.130. The van der Waals surface area contributed by atoms with Crippen LogP contribution in [0.2, 0.25) is 0 Å². The van der Waals surface area contributed by atoms with E-state index in [4.69, 9.17) is 0 Å². The van der Waals surface area contributed by atoms with Crippen molar-refractivity contribution in [3.63, 3.8) is 0 Å². The second kappa shape index (κ2) is 6.10. The number of likely N-dealkylation sites (N-methyl/N-ethyl adjacent to an activating group) is 1. The maximum atomic E-state index is 3.59. The van der Waals surface area contributed by atoms with Crippen LogP contribution < -0.4 is 5.32 Å². The Bertz CT molecular complexity index is 454. The monoisotopic (exact) mass is 286 g/mol. The van der Waals surface area contributed by atoms with E-state index >= 15 is 0 Å². The third-order valence-corrected chi connectivity index (χ3v) is 5.63. The summed E-state index contributed by atoms with van der Waals surface area (Å²) in [7, 11) is 2.14. The minimum atomic E-state index is 0.498. The van der Waals surface area contributed by atoms with Gasteiger partial charge in [0, 0.05) is 18.6 Å². The van der Waals surface area contributed by atoms with Crippen molar-refractivity contribution < 1.29 is 0 Å². The number of likely N-dealkylation sites (tertiary alicyclic amines) is 1. The summed E-state index contributed by atoms with van der Waals surface area (Å²) >= 11 is 0. The van der Waals surface area contributed by atoms with Gasteiger partial charge in [-0.1, -0.05) is 44.2 Å². The molecule has 0 spiro atoms. The molecule has 0 aromatic heterocycles. The van der Waals surface area contributed by atoms with Gasteiger partial charge in [0.05, 0.1) is 0 Å². The van der Waals surface area contributed by atoms with Crippen molar-refractivity contribution in [2.45, 2.75) is 57.5 Å². The lowest BCUT2D eigenvalue weighted by atomic mass is 9.78. The fraction of sp³-hybridized carbons (Fsp3) is 0.684. The molecule has 0 bridgehead atoms. The SMILES string of the molecule is CNC1CCC(c2ccccc2)CC1N1CCC(C)(C)C1. The molecule has 1 saturated heterocycles. The molecule has 2 aliphatic rings. The molecule has 0 amide bonds. The van der Waals surface area contributed by atoms with Crippen LogP contribution in [0.25, 0.3) is 0 Å². The number of nitrogens with one attached hydrogen (secondary N) is 1. The van der Waals surface area contributed by atoms with Crippen molar-refractivity contribution in [1.82, 2.24) is 10.2 Å². The van der Waals surface area contributed by atoms with Gasteiger partial charge in [-0.2, -0.15) is 0 Å². The molecule has 3 unspecified atom stereocenters. The summed E-state index contributed by atoms with van der Waals surface area (Å²) in [6.45, 7) is 7.37. The topological polar surface area (TPSA) is 15.3 Å². The standard InChI is InChI=1S/C19H30N2/c1-19(2)11-12-21(14-19)18-13-16(9-10-17(18)20-3)15-7-5-4-6-8-15/h4-8,16-18,20H,9-14H2,1-3H3. The van der Waals surface area contributed by atoms with E-state index in [1.54, 1.807) is 0 Å². The van der Waals surface area contributed by atoms with Crippen LogP contribution in [-0.2, 0) is 0 Å². The summed E-state index contributed by atoms with van der Waals surface area (Å²) in [6.07, 6.45) is 5.28. The van der Waals surface area contributed by atoms with Crippen LogP contribution in [0.5, 0.6) is 0 Å². The van der Waals surface area contributed by atoms with Crippen molar-refractivity contribution in [2.75, 3.05) is 20.1 Å². The average molecular weight is 286 g/mol. The molecule has 116 valence electrons. The normalized spacial score (nSPS) is 33.2. The van der Waals surface area contributed by atoms with Gasteiger partial charge in [-0.05, 0) is 56.2 Å². The van der Waals surface area contributed by atoms with Gasteiger partial charge in [-0.3, -0.25) is 4.90 Å². The van der Waals surface area contributed by atoms with Crippen LogP contribution in [-0.4, -0.2) is 37.1 Å². The van der Waals surface area contributed by atoms with E-state index in [2.05, 4.69) is 61.4 Å². The number of hydrogen-bond acceptors (Lipinski definition) is 2. The minimum Gasteiger partial charge on any atom is -0.315 e. The second-order valence-corrected chi connectivity index (χ2v) is 7.77. The quantitative estimate of drug-likeness (QED) is 0.912. The van der Waals surface area contributed by atoms with Crippen molar-refractivity contribution in [3.05, 3.63) is 35.9 Å². The molecule has 1 heterocycles. The highest BCUT2D eigenvalue weighted by Gasteiger charge is 2.39. The molecule has 1 saturated carbocycles. The zero-order chi connectivity index (χ0) is 14.9. The van der Waals surface area contributed by atoms with Crippen molar-refractivity contribution in [1.29, 1.82) is 0 Å². The Morgan fingerprint density at radius 3 is 2.52 bits per heavy atom. The van der Waals surface area contributed by atoms with Gasteiger partial charge in [-0.15, -0.1) is 0 Å². The summed E-state index contributed by atoms with van der Waals surface area (Å²) in [4.78, 5) is 2.76. The Labute approximate surface area is 129 Å². The van der Waals surface area contributed by atoms with Gasteiger partial charge in [0.1, 0.15) is 0 Å². The third kappa shape index (κ3) is 3.32. The smallest absolute Gasteiger partial charge is 0.0255 e. The lowest BCUT2D eigenvalue weighted by Gasteiger charge is -2.42. The molecule has 3 rings (SSSR count). The first-order valence-electron chi connectivity index (χ1n) is 8.55. The lowest BCUT2D eigenvalue weighted by Crippen LogP contribution is -2.51. The highest BCUT2D eigenvalue weighted by atomic mass is 15.2. The van der Waals surface area contributed by atoms with Gasteiger partial charge in [-0.25, -0.2) is 0 Å². The van der Waals surface area contributed by atoms with Crippen LogP contribution in [0, 0.1) is 5.41 Å². The molecule has 1 N–H and O–H groups in total. The first-order chi connectivity index (χ1) is 10.1. The van der Waals surface area contributed by atoms with Crippen LogP contribution in [0.3, 0.4) is 0 Å². The van der Waals surface area contributed by atoms with Crippen LogP contribution in [0.1, 0.15) is 51.0 Å². The number of rotatable bonds is 3. The molecule has 1 aliphatic heterocycles. The summed E-state index contributed by atoms with van der Waals surface area (Å²) in [5, 5.41) is 3.59. The summed E-state index contributed by atoms with van der Waals surface area (Å²) in [5.74, 6) is 0.740. The first-order valence-corrected chi connectivity index (χ1v) is 8.55. The molecule has 21 heavy (non-hydrogen) atoms. The Morgan fingerprint density at radius 1 is 1.14 bits per heavy atom. The molecule has 0 radical (unpaired) electrons. The molecule has 2 heteroatoms. The summed E-state index contributed by atoms with van der Waals surface area (Å²) in [6, 6.07) is 12.5. The highest BCUT2D eigenvalue weighted by molar-refractivity contribution is 5.21. The van der Waals surface area contributed by atoms with Gasteiger partial charge in [0.2, 0.25) is 0 Å². The molecule has 2 nitrogen and oxygen atoms in total. The van der Waals surface area contributed by atoms with Gasteiger partial charge < -0.3 is 5.32 Å². The predicted octanol–water partition coefficient (Wildman–Crippen LogP) is 3.64. The second-order valence-electron chi connectivity index (χ2n) is 7.77. The first kappa shape index (κ1) is 15.1. The molecular formula is C19H30N2. The number of hydrogen-bond donors (Lipinski definition) is 1. The molecule has 2 fully saturated rings. The Kier molecular flexibility index (Phi) is 4.37. The van der Waals surface area contributed by atoms with E-state index in [-0.39, 0.29) is 0 Å². The van der Waals surface area contributed by atoms with E-state index in [0.717, 1.165) is 5.92 Å². The number of benzene rings is 1. The predicted molar refractivity (Wildman–Crippen MR) is 89.6 cm³/mol. The van der Waals surface area contributed by atoms with E-state index in [9.17, 15) is 0 Å². The molecular weight excluding hydrogens is 256 g/mol. The fourth-order valence-corrected chi connectivity index (χ4v) is 4.35. The van der Waals surface area contributed by atoms with Gasteiger partial charge >= 0.3 is 0 Å². The Hall–Kier alpha value is -0.860. The Morgan fingerprint density at radius 2 is 1.90 bits per heavy atom. The number of nitrogens with zero attached hydrogens (tertiary/aromatic N) is 1. The molecule has 3 atom stereocenters. The molecule has 1 aromatic rings. The summed E-state index contributed by atoms with van der Waals surface area (Å²) < 4.78 is 0. The van der Waals surface area contributed by atoms with Gasteiger partial charge in [0.15, 0.2) is 0 Å². The molecule has 1 aromatic carbocycles. The van der Waals surface area contributed by atoms with Gasteiger partial charge in [0.25, 0.3) is 0 Å². The van der Waals surface area contributed by atoms with E-state index < -0.39 is 0 Å². The van der Waals surface area contributed by atoms with Crippen molar-refractivity contribution >= 4 is 0 Å². The van der Waals surface area contributed by atoms with Crippen LogP contribution in [0.4, 0.5) is 0 Å². The largest absolute Gasteiger partial charge is 0.315 e. The van der Waals surface area contributed by atoms with Crippen molar-refractivity contribution in [3.8, 4) is 0 Å². The van der Waals surface area contributed by atoms with Crippen LogP contribution >= 0.6 is 0 Å². The zero-order valence-electron chi connectivity index (χ0n) is 13.8. The maximum absolute atomic E-state index is 3.59. The maximum Gasteiger partial charge on any atom is 0.0255 e. The fourth-order valence-electron chi connectivity index (χ4n) is 4.35. The van der Waals surface area contributed by atoms with Crippen LogP contribution in [0.15, 0.2) is 30.3 Å². The zero-order valence-corrected chi connectivity index (χ0v) is 13.8. The average Bonchev–Trinajstić information content (AvgIpc) is 2.87. The minimum absolute atomic E-state index is 0.498. The summed E-state index contributed by atoms with van der Waals surface area (Å²) in [5.41, 5.74) is 2.04. The van der Waals surface area contributed by atoms with Crippen molar-refractivity contribution in [2.24, 2.45) is 5.41 Å².